The van der Waals surface area contributed by atoms with Gasteiger partial charge in [0.15, 0.2) is 0 Å². The topological polar surface area (TPSA) is 109 Å². The molecular weight excluding hydrogens is 270 g/mol. The molecule has 0 unspecified atom stereocenters. The molecule has 0 saturated heterocycles. The third-order valence-corrected chi connectivity index (χ3v) is 2.55. The molecule has 7 nitrogen and oxygen atoms in total. The van der Waals surface area contributed by atoms with Crippen LogP contribution in [0.2, 0.25) is 0 Å². The Hall–Kier alpha value is -3.09. The van der Waals surface area contributed by atoms with Gasteiger partial charge >= 0.3 is 6.03 Å². The van der Waals surface area contributed by atoms with Gasteiger partial charge < -0.3 is 21.7 Å². The van der Waals surface area contributed by atoms with E-state index in [1.165, 1.54) is 0 Å². The summed E-state index contributed by atoms with van der Waals surface area (Å²) < 4.78 is 0. The van der Waals surface area contributed by atoms with E-state index in [-0.39, 0.29) is 12.6 Å². The number of pyridine rings is 1. The van der Waals surface area contributed by atoms with Crippen molar-refractivity contribution in [2.24, 2.45) is 5.73 Å². The Balaban J connectivity index is 1.88. The van der Waals surface area contributed by atoms with E-state index in [1.54, 1.807) is 48.8 Å². The fourth-order valence-corrected chi connectivity index (χ4v) is 1.59. The first-order valence-corrected chi connectivity index (χ1v) is 6.24. The molecule has 0 saturated carbocycles. The Labute approximate surface area is 121 Å². The average molecular weight is 285 g/mol. The van der Waals surface area contributed by atoms with Gasteiger partial charge in [-0.15, -0.1) is 0 Å². The van der Waals surface area contributed by atoms with Crippen molar-refractivity contribution in [1.82, 2.24) is 4.98 Å². The molecule has 7 heteroatoms. The minimum atomic E-state index is -0.436. The third kappa shape index (κ3) is 4.83. The molecule has 0 aliphatic carbocycles. The summed E-state index contributed by atoms with van der Waals surface area (Å²) in [5.41, 5.74) is 7.07. The van der Waals surface area contributed by atoms with Gasteiger partial charge in [0.25, 0.3) is 0 Å². The summed E-state index contributed by atoms with van der Waals surface area (Å²) in [4.78, 5) is 26.3. The minimum absolute atomic E-state index is 0.0648. The number of nitrogens with two attached hydrogens (primary N) is 1. The Morgan fingerprint density at radius 2 is 1.43 bits per heavy atom. The van der Waals surface area contributed by atoms with E-state index in [2.05, 4.69) is 20.9 Å². The van der Waals surface area contributed by atoms with Gasteiger partial charge in [0.05, 0.1) is 6.54 Å². The lowest BCUT2D eigenvalue weighted by molar-refractivity contribution is -0.116. The standard InChI is InChI=1S/C14H15N5O2/c15-13(20)9-17-10-1-3-11(4-2-10)18-14(21)19-12-5-7-16-8-6-12/h1-8,17H,9H2,(H2,15,20)(H2,16,18,19,21). The lowest BCUT2D eigenvalue weighted by Crippen LogP contribution is -2.22. The molecule has 0 radical (unpaired) electrons. The van der Waals surface area contributed by atoms with Gasteiger partial charge in [-0.2, -0.15) is 0 Å². The van der Waals surface area contributed by atoms with Crippen molar-refractivity contribution >= 4 is 29.0 Å². The number of urea groups is 1. The van der Waals surface area contributed by atoms with Crippen molar-refractivity contribution in [3.8, 4) is 0 Å². The highest BCUT2D eigenvalue weighted by molar-refractivity contribution is 5.99. The number of nitrogens with zero attached hydrogens (tertiary/aromatic N) is 1. The maximum atomic E-state index is 11.8. The van der Waals surface area contributed by atoms with Gasteiger partial charge in [-0.05, 0) is 36.4 Å². The maximum absolute atomic E-state index is 11.8. The van der Waals surface area contributed by atoms with Gasteiger partial charge in [0.1, 0.15) is 0 Å². The van der Waals surface area contributed by atoms with Crippen LogP contribution in [0.3, 0.4) is 0 Å². The number of rotatable bonds is 5. The highest BCUT2D eigenvalue weighted by Gasteiger charge is 2.02. The van der Waals surface area contributed by atoms with Crippen molar-refractivity contribution in [3.05, 3.63) is 48.8 Å². The van der Waals surface area contributed by atoms with E-state index in [1.807, 2.05) is 0 Å². The molecule has 0 aliphatic heterocycles. The molecule has 0 bridgehead atoms. The van der Waals surface area contributed by atoms with E-state index in [4.69, 9.17) is 5.73 Å². The van der Waals surface area contributed by atoms with Crippen LogP contribution in [0.1, 0.15) is 0 Å². The predicted octanol–water partition coefficient (Wildman–Crippen LogP) is 1.62. The van der Waals surface area contributed by atoms with Gasteiger partial charge in [0, 0.05) is 29.5 Å². The molecule has 2 aromatic rings. The monoisotopic (exact) mass is 285 g/mol. The number of amides is 3. The zero-order valence-corrected chi connectivity index (χ0v) is 11.2. The fraction of sp³-hybridized carbons (Fsp3) is 0.0714. The molecule has 1 aromatic heterocycles. The molecule has 0 atom stereocenters. The normalized spacial score (nSPS) is 9.71. The van der Waals surface area contributed by atoms with E-state index in [9.17, 15) is 9.59 Å². The molecule has 0 spiro atoms. The summed E-state index contributed by atoms with van der Waals surface area (Å²) in [6, 6.07) is 9.95. The number of anilines is 3. The minimum Gasteiger partial charge on any atom is -0.376 e. The number of nitrogens with one attached hydrogen (secondary N) is 3. The van der Waals surface area contributed by atoms with E-state index in [0.29, 0.717) is 11.4 Å². The fourth-order valence-electron chi connectivity index (χ4n) is 1.59. The number of benzene rings is 1. The number of primary amides is 1. The molecule has 0 aliphatic rings. The van der Waals surface area contributed by atoms with Crippen LogP contribution in [0.5, 0.6) is 0 Å². The van der Waals surface area contributed by atoms with Crippen molar-refractivity contribution in [2.45, 2.75) is 0 Å². The first-order valence-electron chi connectivity index (χ1n) is 6.24. The molecule has 1 aromatic carbocycles. The summed E-state index contributed by atoms with van der Waals surface area (Å²) in [5.74, 6) is -0.436. The van der Waals surface area contributed by atoms with E-state index < -0.39 is 5.91 Å². The van der Waals surface area contributed by atoms with Gasteiger partial charge in [-0.25, -0.2) is 4.79 Å². The first kappa shape index (κ1) is 14.3. The average Bonchev–Trinajstić information content (AvgIpc) is 2.47. The predicted molar refractivity (Wildman–Crippen MR) is 81.0 cm³/mol. The molecular formula is C14H15N5O2. The van der Waals surface area contributed by atoms with Crippen molar-refractivity contribution in [3.63, 3.8) is 0 Å². The van der Waals surface area contributed by atoms with Crippen LogP contribution in [-0.4, -0.2) is 23.5 Å². The molecule has 3 amide bonds. The van der Waals surface area contributed by atoms with Crippen molar-refractivity contribution in [2.75, 3.05) is 22.5 Å². The third-order valence-electron chi connectivity index (χ3n) is 2.55. The van der Waals surface area contributed by atoms with Crippen LogP contribution >= 0.6 is 0 Å². The number of carbonyl (C=O) groups is 2. The summed E-state index contributed by atoms with van der Waals surface area (Å²) in [6.07, 6.45) is 3.18. The quantitative estimate of drug-likeness (QED) is 0.669. The lowest BCUT2D eigenvalue weighted by Gasteiger charge is -2.08. The molecule has 2 rings (SSSR count). The van der Waals surface area contributed by atoms with Gasteiger partial charge in [-0.1, -0.05) is 0 Å². The zero-order chi connectivity index (χ0) is 15.1. The summed E-state index contributed by atoms with van der Waals surface area (Å²) in [7, 11) is 0. The summed E-state index contributed by atoms with van der Waals surface area (Å²) >= 11 is 0. The number of hydrogen-bond donors (Lipinski definition) is 4. The van der Waals surface area contributed by atoms with Crippen molar-refractivity contribution in [1.29, 1.82) is 0 Å². The molecule has 0 fully saturated rings. The Kier molecular flexibility index (Phi) is 4.70. The van der Waals surface area contributed by atoms with E-state index >= 15 is 0 Å². The van der Waals surface area contributed by atoms with Gasteiger partial charge in [0.2, 0.25) is 5.91 Å². The van der Waals surface area contributed by atoms with Crippen LogP contribution in [0, 0.1) is 0 Å². The highest BCUT2D eigenvalue weighted by atomic mass is 16.2. The molecule has 5 N–H and O–H groups in total. The van der Waals surface area contributed by atoms with Crippen LogP contribution in [0.4, 0.5) is 21.9 Å². The smallest absolute Gasteiger partial charge is 0.323 e. The van der Waals surface area contributed by atoms with Crippen LogP contribution < -0.4 is 21.7 Å². The molecule has 1 heterocycles. The van der Waals surface area contributed by atoms with Crippen LogP contribution in [0.15, 0.2) is 48.8 Å². The number of hydrogen-bond acceptors (Lipinski definition) is 4. The second kappa shape index (κ2) is 6.90. The highest BCUT2D eigenvalue weighted by Crippen LogP contribution is 2.13. The number of aromatic nitrogens is 1. The number of carbonyl (C=O) groups excluding carboxylic acids is 2. The van der Waals surface area contributed by atoms with Crippen molar-refractivity contribution < 1.29 is 9.59 Å². The Bertz CT molecular complexity index is 613. The Morgan fingerprint density at radius 1 is 0.905 bits per heavy atom. The Morgan fingerprint density at radius 3 is 2.00 bits per heavy atom. The second-order valence-electron chi connectivity index (χ2n) is 4.21. The largest absolute Gasteiger partial charge is 0.376 e. The summed E-state index contributed by atoms with van der Waals surface area (Å²) in [5, 5.41) is 8.23. The van der Waals surface area contributed by atoms with E-state index in [0.717, 1.165) is 5.69 Å². The van der Waals surface area contributed by atoms with Gasteiger partial charge in [-0.3, -0.25) is 9.78 Å². The zero-order valence-electron chi connectivity index (χ0n) is 11.2. The first-order chi connectivity index (χ1) is 10.1. The molecule has 108 valence electrons. The van der Waals surface area contributed by atoms with Crippen LogP contribution in [-0.2, 0) is 4.79 Å². The lowest BCUT2D eigenvalue weighted by atomic mass is 10.3. The summed E-state index contributed by atoms with van der Waals surface area (Å²) in [6.45, 7) is 0.0648. The van der Waals surface area contributed by atoms with Crippen LogP contribution in [0.25, 0.3) is 0 Å². The molecule has 21 heavy (non-hydrogen) atoms. The maximum Gasteiger partial charge on any atom is 0.323 e. The second-order valence-corrected chi connectivity index (χ2v) is 4.21. The SMILES string of the molecule is NC(=O)CNc1ccc(NC(=O)Nc2ccncc2)cc1.